The lowest BCUT2D eigenvalue weighted by molar-refractivity contribution is -0.0999. The van der Waals surface area contributed by atoms with Gasteiger partial charge in [-0.05, 0) is 28.8 Å². The summed E-state index contributed by atoms with van der Waals surface area (Å²) in [5.41, 5.74) is 3.32. The first-order chi connectivity index (χ1) is 11.8. The Morgan fingerprint density at radius 1 is 1.04 bits per heavy atom. The second-order valence-electron chi connectivity index (χ2n) is 5.90. The Labute approximate surface area is 141 Å². The molecule has 24 heavy (non-hydrogen) atoms. The molecule has 122 valence electrons. The van der Waals surface area contributed by atoms with Gasteiger partial charge in [-0.3, -0.25) is 4.90 Å². The predicted molar refractivity (Wildman–Crippen MR) is 88.4 cm³/mol. The zero-order chi connectivity index (χ0) is 16.4. The van der Waals surface area contributed by atoms with E-state index >= 15 is 0 Å². The van der Waals surface area contributed by atoms with E-state index in [9.17, 15) is 0 Å². The summed E-state index contributed by atoms with van der Waals surface area (Å²) in [6.07, 6.45) is 2.99. The van der Waals surface area contributed by atoms with Crippen LogP contribution in [0.4, 0.5) is 0 Å². The molecule has 0 aromatic heterocycles. The highest BCUT2D eigenvalue weighted by atomic mass is 16.6. The van der Waals surface area contributed by atoms with E-state index in [0.717, 1.165) is 41.2 Å². The quantitative estimate of drug-likeness (QED) is 0.809. The largest absolute Gasteiger partial charge is 0.486 e. The van der Waals surface area contributed by atoms with Crippen molar-refractivity contribution in [2.24, 2.45) is 0 Å². The van der Waals surface area contributed by atoms with Gasteiger partial charge in [-0.2, -0.15) is 5.26 Å². The maximum atomic E-state index is 8.88. The third-order valence-electron chi connectivity index (χ3n) is 4.36. The molecule has 0 N–H and O–H groups in total. The van der Waals surface area contributed by atoms with Crippen LogP contribution in [0, 0.1) is 11.5 Å². The van der Waals surface area contributed by atoms with Crippen LogP contribution in [0.5, 0.6) is 11.5 Å². The summed E-state index contributed by atoms with van der Waals surface area (Å²) in [5.74, 6) is 1.60. The number of nitrogens with zero attached hydrogens (tertiary/aromatic N) is 2. The van der Waals surface area contributed by atoms with Gasteiger partial charge in [0.25, 0.3) is 0 Å². The van der Waals surface area contributed by atoms with Crippen molar-refractivity contribution in [2.75, 3.05) is 19.8 Å². The number of fused-ring (bicyclic) bond motifs is 1. The van der Waals surface area contributed by atoms with Crippen LogP contribution in [0.15, 0.2) is 42.5 Å². The Kier molecular flexibility index (Phi) is 3.97. The first kappa shape index (κ1) is 14.9. The molecule has 2 aromatic carbocycles. The molecule has 2 aromatic rings. The van der Waals surface area contributed by atoms with Gasteiger partial charge >= 0.3 is 0 Å². The molecule has 0 amide bonds. The van der Waals surface area contributed by atoms with Crippen molar-refractivity contribution >= 4 is 0 Å². The van der Waals surface area contributed by atoms with Crippen LogP contribution in [0.3, 0.4) is 0 Å². The van der Waals surface area contributed by atoms with E-state index in [2.05, 4.69) is 30.5 Å². The zero-order valence-corrected chi connectivity index (χ0v) is 13.3. The lowest BCUT2D eigenvalue weighted by atomic mass is 10.0. The average Bonchev–Trinajstić information content (AvgIpc) is 2.61. The number of hydrogen-bond donors (Lipinski definition) is 0. The summed E-state index contributed by atoms with van der Waals surface area (Å²) in [4.78, 5) is 1.66. The second-order valence-corrected chi connectivity index (χ2v) is 5.90. The molecule has 1 atom stereocenters. The third-order valence-corrected chi connectivity index (χ3v) is 4.36. The fourth-order valence-corrected chi connectivity index (χ4v) is 2.86. The van der Waals surface area contributed by atoms with Gasteiger partial charge in [0, 0.05) is 13.0 Å². The number of rotatable bonds is 4. The van der Waals surface area contributed by atoms with Crippen LogP contribution in [-0.4, -0.2) is 30.9 Å². The summed E-state index contributed by atoms with van der Waals surface area (Å²) in [7, 11) is 0. The van der Waals surface area contributed by atoms with Crippen LogP contribution in [-0.2, 0) is 11.3 Å². The summed E-state index contributed by atoms with van der Waals surface area (Å²) in [6, 6.07) is 14.3. The molecule has 5 nitrogen and oxygen atoms in total. The average molecular weight is 322 g/mol. The molecule has 0 radical (unpaired) electrons. The fraction of sp³-hybridized carbons (Fsp3) is 0.316. The van der Waals surface area contributed by atoms with Gasteiger partial charge in [-0.15, -0.1) is 0 Å². The summed E-state index contributed by atoms with van der Waals surface area (Å²) >= 11 is 0. The maximum absolute atomic E-state index is 8.88. The minimum absolute atomic E-state index is 0.0625. The molecule has 2 aliphatic heterocycles. The van der Waals surface area contributed by atoms with E-state index in [1.165, 1.54) is 0 Å². The number of nitriles is 1. The van der Waals surface area contributed by atoms with Crippen molar-refractivity contribution in [3.63, 3.8) is 0 Å². The lowest BCUT2D eigenvalue weighted by Crippen LogP contribution is -2.45. The smallest absolute Gasteiger partial charge is 0.181 e. The first-order valence-electron chi connectivity index (χ1n) is 8.10. The van der Waals surface area contributed by atoms with Gasteiger partial charge in [0.2, 0.25) is 0 Å². The molecule has 0 saturated carbocycles. The summed E-state index contributed by atoms with van der Waals surface area (Å²) in [5, 5.41) is 8.88. The van der Waals surface area contributed by atoms with E-state index in [1.807, 2.05) is 18.2 Å². The van der Waals surface area contributed by atoms with Gasteiger partial charge in [0.1, 0.15) is 19.4 Å². The molecule has 0 bridgehead atoms. The molecule has 2 heterocycles. The van der Waals surface area contributed by atoms with Gasteiger partial charge in [0.15, 0.2) is 17.7 Å². The molecule has 0 spiro atoms. The Morgan fingerprint density at radius 3 is 2.50 bits per heavy atom. The van der Waals surface area contributed by atoms with Gasteiger partial charge in [-0.1, -0.05) is 30.3 Å². The minimum Gasteiger partial charge on any atom is -0.486 e. The van der Waals surface area contributed by atoms with Crippen LogP contribution < -0.4 is 9.47 Å². The molecule has 1 saturated heterocycles. The Balaban J connectivity index is 1.43. The standard InChI is InChI=1S/C19H18N2O3/c20-13-21-8-7-19(21)24-12-14-1-3-15(4-2-14)16-5-6-17-18(11-16)23-10-9-22-17/h1-6,11,19H,7-10,12H2. The second kappa shape index (κ2) is 6.42. The Bertz CT molecular complexity index is 767. The monoisotopic (exact) mass is 322 g/mol. The van der Waals surface area contributed by atoms with Crippen molar-refractivity contribution in [3.8, 4) is 28.8 Å². The molecular formula is C19H18N2O3. The van der Waals surface area contributed by atoms with Crippen molar-refractivity contribution in [2.45, 2.75) is 19.3 Å². The molecule has 2 aliphatic rings. The third kappa shape index (κ3) is 2.89. The van der Waals surface area contributed by atoms with Gasteiger partial charge < -0.3 is 14.2 Å². The molecule has 0 aliphatic carbocycles. The molecule has 1 fully saturated rings. The highest BCUT2D eigenvalue weighted by molar-refractivity contribution is 5.67. The van der Waals surface area contributed by atoms with Crippen LogP contribution in [0.2, 0.25) is 0 Å². The van der Waals surface area contributed by atoms with Crippen molar-refractivity contribution in [1.82, 2.24) is 4.90 Å². The lowest BCUT2D eigenvalue weighted by Gasteiger charge is -2.35. The highest BCUT2D eigenvalue weighted by Crippen LogP contribution is 2.34. The van der Waals surface area contributed by atoms with Crippen molar-refractivity contribution in [3.05, 3.63) is 48.0 Å². The number of likely N-dealkylation sites (tertiary alicyclic amines) is 1. The van der Waals surface area contributed by atoms with E-state index in [4.69, 9.17) is 19.5 Å². The van der Waals surface area contributed by atoms with E-state index in [1.54, 1.807) is 4.90 Å². The van der Waals surface area contributed by atoms with E-state index in [0.29, 0.717) is 19.8 Å². The predicted octanol–water partition coefficient (Wildman–Crippen LogP) is 3.15. The van der Waals surface area contributed by atoms with Crippen LogP contribution in [0.1, 0.15) is 12.0 Å². The molecule has 1 unspecified atom stereocenters. The highest BCUT2D eigenvalue weighted by Gasteiger charge is 2.27. The summed E-state index contributed by atoms with van der Waals surface area (Å²) in [6.45, 7) is 2.51. The van der Waals surface area contributed by atoms with Gasteiger partial charge in [-0.25, -0.2) is 0 Å². The van der Waals surface area contributed by atoms with E-state index < -0.39 is 0 Å². The first-order valence-corrected chi connectivity index (χ1v) is 8.10. The minimum atomic E-state index is -0.0625. The van der Waals surface area contributed by atoms with Crippen molar-refractivity contribution < 1.29 is 14.2 Å². The Hall–Kier alpha value is -2.71. The normalized spacial score (nSPS) is 18.6. The molecular weight excluding hydrogens is 304 g/mol. The van der Waals surface area contributed by atoms with Gasteiger partial charge in [0.05, 0.1) is 6.61 Å². The molecule has 5 heteroatoms. The van der Waals surface area contributed by atoms with E-state index in [-0.39, 0.29) is 6.23 Å². The van der Waals surface area contributed by atoms with Crippen molar-refractivity contribution in [1.29, 1.82) is 5.26 Å². The summed E-state index contributed by atoms with van der Waals surface area (Å²) < 4.78 is 16.9. The maximum Gasteiger partial charge on any atom is 0.181 e. The molecule has 4 rings (SSSR count). The topological polar surface area (TPSA) is 54.7 Å². The van der Waals surface area contributed by atoms with Crippen LogP contribution in [0.25, 0.3) is 11.1 Å². The zero-order valence-electron chi connectivity index (χ0n) is 13.3. The fourth-order valence-electron chi connectivity index (χ4n) is 2.86. The number of hydrogen-bond acceptors (Lipinski definition) is 5. The van der Waals surface area contributed by atoms with Crippen LogP contribution >= 0.6 is 0 Å². The number of benzene rings is 2. The Morgan fingerprint density at radius 2 is 1.79 bits per heavy atom. The number of ether oxygens (including phenoxy) is 3. The SMILES string of the molecule is N#CN1CCC1OCc1ccc(-c2ccc3c(c2)OCCO3)cc1.